The van der Waals surface area contributed by atoms with Crippen molar-refractivity contribution < 1.29 is 9.90 Å². The Morgan fingerprint density at radius 2 is 2.37 bits per heavy atom. The predicted octanol–water partition coefficient (Wildman–Crippen LogP) is 3.17. The van der Waals surface area contributed by atoms with Crippen LogP contribution < -0.4 is 0 Å². The molecule has 1 aromatic heterocycles. The van der Waals surface area contributed by atoms with Crippen molar-refractivity contribution in [1.82, 2.24) is 4.90 Å². The van der Waals surface area contributed by atoms with Crippen molar-refractivity contribution in [1.29, 1.82) is 0 Å². The van der Waals surface area contributed by atoms with E-state index in [-0.39, 0.29) is 0 Å². The number of carbonyl (C=O) groups is 1. The quantitative estimate of drug-likeness (QED) is 0.867. The summed E-state index contributed by atoms with van der Waals surface area (Å²) >= 11 is 3.74. The average Bonchev–Trinajstić information content (AvgIpc) is 2.80. The number of thiophene rings is 1. The minimum absolute atomic E-state index is 0.567. The van der Waals surface area contributed by atoms with Crippen molar-refractivity contribution in [2.45, 2.75) is 31.7 Å². The molecule has 0 saturated carbocycles. The molecule has 0 aliphatic carbocycles. The molecule has 2 unspecified atom stereocenters. The molecule has 104 valence electrons. The number of hydrogen-bond donors (Lipinski definition) is 1. The minimum atomic E-state index is -0.895. The molecule has 19 heavy (non-hydrogen) atoms. The Bertz CT molecular complexity index is 470. The van der Waals surface area contributed by atoms with Crippen LogP contribution >= 0.6 is 23.1 Å². The van der Waals surface area contributed by atoms with E-state index in [9.17, 15) is 4.79 Å². The summed E-state index contributed by atoms with van der Waals surface area (Å²) in [4.78, 5) is 14.3. The highest BCUT2D eigenvalue weighted by molar-refractivity contribution is 8.00. The molecule has 2 rings (SSSR count). The second-order valence-electron chi connectivity index (χ2n) is 4.76. The second kappa shape index (κ2) is 6.59. The van der Waals surface area contributed by atoms with Gasteiger partial charge in [0.2, 0.25) is 0 Å². The Morgan fingerprint density at radius 1 is 1.58 bits per heavy atom. The minimum Gasteiger partial charge on any atom is -0.478 e. The van der Waals surface area contributed by atoms with Gasteiger partial charge in [0, 0.05) is 41.1 Å². The zero-order chi connectivity index (χ0) is 13.8. The van der Waals surface area contributed by atoms with Gasteiger partial charge in [0.1, 0.15) is 0 Å². The van der Waals surface area contributed by atoms with E-state index < -0.39 is 5.97 Å². The van der Waals surface area contributed by atoms with Crippen LogP contribution in [0.4, 0.5) is 0 Å². The highest BCUT2D eigenvalue weighted by atomic mass is 32.2. The number of rotatable bonds is 4. The summed E-state index contributed by atoms with van der Waals surface area (Å²) in [7, 11) is 0. The largest absolute Gasteiger partial charge is 0.478 e. The molecule has 1 saturated heterocycles. The summed E-state index contributed by atoms with van der Waals surface area (Å²) < 4.78 is 0. The fourth-order valence-corrected chi connectivity index (χ4v) is 4.25. The molecular weight excluding hydrogens is 278 g/mol. The summed E-state index contributed by atoms with van der Waals surface area (Å²) in [5.41, 5.74) is 1.03. The Balaban J connectivity index is 2.07. The van der Waals surface area contributed by atoms with Crippen molar-refractivity contribution >= 4 is 35.1 Å². The summed E-state index contributed by atoms with van der Waals surface area (Å²) in [5, 5.41) is 11.4. The molecule has 3 nitrogen and oxygen atoms in total. The Labute approximate surface area is 122 Å². The lowest BCUT2D eigenvalue weighted by Crippen LogP contribution is -2.43. The molecule has 1 aromatic rings. The van der Waals surface area contributed by atoms with Crippen LogP contribution in [0.1, 0.15) is 24.3 Å². The Morgan fingerprint density at radius 3 is 3.11 bits per heavy atom. The van der Waals surface area contributed by atoms with Crippen LogP contribution in [0.3, 0.4) is 0 Å². The summed E-state index contributed by atoms with van der Waals surface area (Å²) in [6.07, 6.45) is 2.91. The van der Waals surface area contributed by atoms with Gasteiger partial charge >= 0.3 is 5.97 Å². The van der Waals surface area contributed by atoms with E-state index in [0.717, 1.165) is 18.7 Å². The first kappa shape index (κ1) is 14.6. The fraction of sp³-hybridized carbons (Fsp3) is 0.500. The van der Waals surface area contributed by atoms with Gasteiger partial charge in [0.25, 0.3) is 0 Å². The van der Waals surface area contributed by atoms with Crippen LogP contribution in [0.25, 0.3) is 6.08 Å². The molecular formula is C14H19NO2S2. The van der Waals surface area contributed by atoms with Gasteiger partial charge in [-0.25, -0.2) is 4.79 Å². The average molecular weight is 297 g/mol. The lowest BCUT2D eigenvalue weighted by atomic mass is 10.1. The predicted molar refractivity (Wildman–Crippen MR) is 82.8 cm³/mol. The van der Waals surface area contributed by atoms with E-state index in [0.29, 0.717) is 11.3 Å². The summed E-state index contributed by atoms with van der Waals surface area (Å²) in [6.45, 7) is 6.58. The van der Waals surface area contributed by atoms with Crippen LogP contribution in [-0.2, 0) is 11.3 Å². The van der Waals surface area contributed by atoms with Gasteiger partial charge in [-0.1, -0.05) is 6.92 Å². The van der Waals surface area contributed by atoms with Gasteiger partial charge in [0.05, 0.1) is 0 Å². The normalized spacial score (nSPS) is 24.9. The van der Waals surface area contributed by atoms with Crippen molar-refractivity contribution in [2.24, 2.45) is 0 Å². The standard InChI is InChI=1S/C14H19NO2S2/c1-10-11(2)18-8-6-15(10)9-13-12(5-7-19-13)3-4-14(16)17/h3-5,7,10-11H,6,8-9H2,1-2H3,(H,16,17)/b4-3+. The smallest absolute Gasteiger partial charge is 0.328 e. The molecule has 0 amide bonds. The SMILES string of the molecule is CC1SCCN(Cc2sccc2/C=C/C(=O)O)C1C. The maximum absolute atomic E-state index is 10.6. The van der Waals surface area contributed by atoms with Crippen LogP contribution in [0.2, 0.25) is 0 Å². The number of aliphatic carboxylic acids is 1. The zero-order valence-corrected chi connectivity index (χ0v) is 12.8. The first-order valence-corrected chi connectivity index (χ1v) is 8.34. The molecule has 0 bridgehead atoms. The van der Waals surface area contributed by atoms with Gasteiger partial charge in [-0.05, 0) is 30.0 Å². The lowest BCUT2D eigenvalue weighted by molar-refractivity contribution is -0.131. The van der Waals surface area contributed by atoms with Gasteiger partial charge in [-0.3, -0.25) is 4.90 Å². The van der Waals surface area contributed by atoms with E-state index in [2.05, 4.69) is 18.7 Å². The molecule has 0 aromatic carbocycles. The van der Waals surface area contributed by atoms with Crippen LogP contribution in [0.5, 0.6) is 0 Å². The number of carboxylic acids is 1. The maximum atomic E-state index is 10.6. The molecule has 1 aliphatic heterocycles. The molecule has 2 atom stereocenters. The number of thioether (sulfide) groups is 1. The van der Waals surface area contributed by atoms with Gasteiger partial charge in [0.15, 0.2) is 0 Å². The van der Waals surface area contributed by atoms with Crippen LogP contribution in [0, 0.1) is 0 Å². The van der Waals surface area contributed by atoms with Gasteiger partial charge < -0.3 is 5.11 Å². The number of carboxylic acid groups (broad SMARTS) is 1. The first-order chi connectivity index (χ1) is 9.08. The van der Waals surface area contributed by atoms with Crippen molar-refractivity contribution in [3.63, 3.8) is 0 Å². The van der Waals surface area contributed by atoms with E-state index in [1.807, 2.05) is 23.2 Å². The maximum Gasteiger partial charge on any atom is 0.328 e. The third kappa shape index (κ3) is 3.84. The molecule has 1 aliphatic rings. The molecule has 2 heterocycles. The van der Waals surface area contributed by atoms with E-state index >= 15 is 0 Å². The molecule has 5 heteroatoms. The van der Waals surface area contributed by atoms with Crippen LogP contribution in [0.15, 0.2) is 17.5 Å². The van der Waals surface area contributed by atoms with Gasteiger partial charge in [-0.15, -0.1) is 11.3 Å². The third-order valence-corrected chi connectivity index (χ3v) is 5.81. The van der Waals surface area contributed by atoms with E-state index in [1.54, 1.807) is 17.4 Å². The lowest BCUT2D eigenvalue weighted by Gasteiger charge is -2.37. The Kier molecular flexibility index (Phi) is 5.07. The van der Waals surface area contributed by atoms with Crippen molar-refractivity contribution in [2.75, 3.05) is 12.3 Å². The molecule has 0 radical (unpaired) electrons. The van der Waals surface area contributed by atoms with Crippen LogP contribution in [-0.4, -0.2) is 39.6 Å². The zero-order valence-electron chi connectivity index (χ0n) is 11.2. The summed E-state index contributed by atoms with van der Waals surface area (Å²) in [5.74, 6) is 0.283. The second-order valence-corrected chi connectivity index (χ2v) is 7.24. The molecule has 1 fully saturated rings. The third-order valence-electron chi connectivity index (χ3n) is 3.55. The first-order valence-electron chi connectivity index (χ1n) is 6.41. The Hall–Kier alpha value is -0.780. The topological polar surface area (TPSA) is 40.5 Å². The highest BCUT2D eigenvalue weighted by Gasteiger charge is 2.25. The van der Waals surface area contributed by atoms with Crippen molar-refractivity contribution in [3.8, 4) is 0 Å². The highest BCUT2D eigenvalue weighted by Crippen LogP contribution is 2.28. The van der Waals surface area contributed by atoms with E-state index in [1.165, 1.54) is 16.7 Å². The molecule has 1 N–H and O–H groups in total. The van der Waals surface area contributed by atoms with Crippen molar-refractivity contribution in [3.05, 3.63) is 28.0 Å². The number of hydrogen-bond acceptors (Lipinski definition) is 4. The van der Waals surface area contributed by atoms with Gasteiger partial charge in [-0.2, -0.15) is 11.8 Å². The summed E-state index contributed by atoms with van der Waals surface area (Å²) in [6, 6.07) is 2.56. The molecule has 0 spiro atoms. The van der Waals surface area contributed by atoms with E-state index in [4.69, 9.17) is 5.11 Å². The number of nitrogens with zero attached hydrogens (tertiary/aromatic N) is 1. The monoisotopic (exact) mass is 297 g/mol. The fourth-order valence-electron chi connectivity index (χ4n) is 2.19.